The van der Waals surface area contributed by atoms with Gasteiger partial charge < -0.3 is 14.8 Å². The normalized spacial score (nSPS) is 17.6. The first-order valence-electron chi connectivity index (χ1n) is 6.85. The Morgan fingerprint density at radius 1 is 1.43 bits per heavy atom. The van der Waals surface area contributed by atoms with Crippen molar-refractivity contribution in [3.05, 3.63) is 40.8 Å². The molecule has 0 saturated carbocycles. The monoisotopic (exact) mass is 304 g/mol. The lowest BCUT2D eigenvalue weighted by Crippen LogP contribution is -2.16. The van der Waals surface area contributed by atoms with Gasteiger partial charge in [-0.15, -0.1) is 11.3 Å². The van der Waals surface area contributed by atoms with Crippen LogP contribution in [0.2, 0.25) is 0 Å². The molecule has 1 aliphatic heterocycles. The first-order chi connectivity index (χ1) is 10.3. The Bertz CT molecular complexity index is 577. The van der Waals surface area contributed by atoms with Crippen molar-refractivity contribution in [2.24, 2.45) is 0 Å². The third kappa shape index (κ3) is 3.80. The van der Waals surface area contributed by atoms with E-state index in [0.717, 1.165) is 30.9 Å². The van der Waals surface area contributed by atoms with E-state index in [9.17, 15) is 4.79 Å². The van der Waals surface area contributed by atoms with Crippen LogP contribution in [0.4, 0.5) is 5.69 Å². The predicted molar refractivity (Wildman–Crippen MR) is 81.0 cm³/mol. The number of rotatable bonds is 5. The lowest BCUT2D eigenvalue weighted by atomic mass is 10.2. The van der Waals surface area contributed by atoms with E-state index >= 15 is 0 Å². The lowest BCUT2D eigenvalue weighted by Gasteiger charge is -2.11. The van der Waals surface area contributed by atoms with E-state index in [1.165, 1.54) is 11.3 Å². The van der Waals surface area contributed by atoms with Crippen molar-refractivity contribution in [3.63, 3.8) is 0 Å². The van der Waals surface area contributed by atoms with E-state index in [0.29, 0.717) is 12.3 Å². The predicted octanol–water partition coefficient (Wildman–Crippen LogP) is 2.95. The van der Waals surface area contributed by atoms with Crippen LogP contribution < -0.4 is 10.1 Å². The fourth-order valence-corrected chi connectivity index (χ4v) is 2.65. The average Bonchev–Trinajstić information content (AvgIpc) is 3.20. The summed E-state index contributed by atoms with van der Waals surface area (Å²) in [5.41, 5.74) is 2.79. The number of nitrogens with zero attached hydrogens (tertiary/aromatic N) is 1. The Morgan fingerprint density at radius 3 is 2.95 bits per heavy atom. The number of carbonyl (C=O) groups is 1. The molecule has 110 valence electrons. The molecule has 1 atom stereocenters. The van der Waals surface area contributed by atoms with Crippen molar-refractivity contribution >= 4 is 22.9 Å². The van der Waals surface area contributed by atoms with Crippen LogP contribution >= 0.6 is 11.3 Å². The Hall–Kier alpha value is -1.92. The van der Waals surface area contributed by atoms with Gasteiger partial charge in [0.25, 0.3) is 5.91 Å². The minimum absolute atomic E-state index is 0.203. The van der Waals surface area contributed by atoms with Gasteiger partial charge in [-0.1, -0.05) is 0 Å². The molecule has 3 rings (SSSR count). The Labute approximate surface area is 126 Å². The summed E-state index contributed by atoms with van der Waals surface area (Å²) in [4.78, 5) is 15.8. The van der Waals surface area contributed by atoms with Crippen LogP contribution in [0, 0.1) is 0 Å². The lowest BCUT2D eigenvalue weighted by molar-refractivity contribution is 0.0679. The topological polar surface area (TPSA) is 60.5 Å². The number of carbonyl (C=O) groups excluding carboxylic acids is 1. The van der Waals surface area contributed by atoms with E-state index in [4.69, 9.17) is 9.47 Å². The number of hydrogen-bond donors (Lipinski definition) is 1. The second kappa shape index (κ2) is 6.69. The molecule has 21 heavy (non-hydrogen) atoms. The molecule has 0 bridgehead atoms. The van der Waals surface area contributed by atoms with Gasteiger partial charge in [0, 0.05) is 17.7 Å². The van der Waals surface area contributed by atoms with E-state index in [1.54, 1.807) is 10.9 Å². The van der Waals surface area contributed by atoms with Crippen LogP contribution in [0.5, 0.6) is 5.75 Å². The van der Waals surface area contributed by atoms with Crippen LogP contribution in [0.3, 0.4) is 0 Å². The number of anilines is 1. The molecule has 1 saturated heterocycles. The molecule has 0 radical (unpaired) electrons. The maximum Gasteiger partial charge on any atom is 0.275 e. The fourth-order valence-electron chi connectivity index (χ4n) is 2.12. The van der Waals surface area contributed by atoms with Crippen LogP contribution in [0.1, 0.15) is 23.3 Å². The summed E-state index contributed by atoms with van der Waals surface area (Å²) in [6.45, 7) is 1.40. The SMILES string of the molecule is O=C(Nc1ccc(OCC2CCCO2)cc1)c1cscn1. The largest absolute Gasteiger partial charge is 0.491 e. The smallest absolute Gasteiger partial charge is 0.275 e. The molecule has 0 spiro atoms. The van der Waals surface area contributed by atoms with Crippen molar-refractivity contribution in [2.45, 2.75) is 18.9 Å². The summed E-state index contributed by atoms with van der Waals surface area (Å²) in [6.07, 6.45) is 2.37. The molecule has 1 aliphatic rings. The van der Waals surface area contributed by atoms with Gasteiger partial charge in [-0.25, -0.2) is 4.98 Å². The molecule has 1 aromatic heterocycles. The number of thiazole rings is 1. The highest BCUT2D eigenvalue weighted by Gasteiger charge is 2.16. The average molecular weight is 304 g/mol. The van der Waals surface area contributed by atoms with Crippen molar-refractivity contribution in [1.29, 1.82) is 0 Å². The van der Waals surface area contributed by atoms with Crippen LogP contribution in [-0.2, 0) is 4.74 Å². The number of benzene rings is 1. The molecule has 0 aliphatic carbocycles. The molecule has 1 amide bonds. The molecule has 2 aromatic rings. The maximum absolute atomic E-state index is 11.8. The molecule has 2 heterocycles. The van der Waals surface area contributed by atoms with Crippen molar-refractivity contribution < 1.29 is 14.3 Å². The van der Waals surface area contributed by atoms with Gasteiger partial charge >= 0.3 is 0 Å². The third-order valence-corrected chi connectivity index (χ3v) is 3.82. The zero-order valence-corrected chi connectivity index (χ0v) is 12.3. The van der Waals surface area contributed by atoms with Crippen molar-refractivity contribution in [2.75, 3.05) is 18.5 Å². The third-order valence-electron chi connectivity index (χ3n) is 3.24. The van der Waals surface area contributed by atoms with Crippen LogP contribution in [0.15, 0.2) is 35.2 Å². The highest BCUT2D eigenvalue weighted by atomic mass is 32.1. The molecule has 1 N–H and O–H groups in total. The Morgan fingerprint density at radius 2 is 2.29 bits per heavy atom. The molecule has 1 fully saturated rings. The van der Waals surface area contributed by atoms with Crippen molar-refractivity contribution in [1.82, 2.24) is 4.98 Å². The quantitative estimate of drug-likeness (QED) is 0.922. The van der Waals surface area contributed by atoms with E-state index in [1.807, 2.05) is 24.3 Å². The number of nitrogens with one attached hydrogen (secondary N) is 1. The van der Waals surface area contributed by atoms with Gasteiger partial charge in [-0.3, -0.25) is 4.79 Å². The van der Waals surface area contributed by atoms with Gasteiger partial charge in [0.1, 0.15) is 18.1 Å². The molecule has 5 nitrogen and oxygen atoms in total. The van der Waals surface area contributed by atoms with Crippen LogP contribution in [0.25, 0.3) is 0 Å². The summed E-state index contributed by atoms with van der Waals surface area (Å²) in [5, 5.41) is 4.51. The fraction of sp³-hybridized carbons (Fsp3) is 0.333. The molecular formula is C15H16N2O3S. The molecule has 1 aromatic carbocycles. The summed E-state index contributed by atoms with van der Waals surface area (Å²) < 4.78 is 11.2. The molecular weight excluding hydrogens is 288 g/mol. The Balaban J connectivity index is 1.52. The van der Waals surface area contributed by atoms with Gasteiger partial charge in [-0.2, -0.15) is 0 Å². The van der Waals surface area contributed by atoms with Crippen molar-refractivity contribution in [3.8, 4) is 5.75 Å². The molecule has 1 unspecified atom stereocenters. The first kappa shape index (κ1) is 14.0. The molecule has 6 heteroatoms. The second-order valence-electron chi connectivity index (χ2n) is 4.80. The van der Waals surface area contributed by atoms with E-state index < -0.39 is 0 Å². The second-order valence-corrected chi connectivity index (χ2v) is 5.52. The van der Waals surface area contributed by atoms with Gasteiger partial charge in [0.2, 0.25) is 0 Å². The number of amides is 1. The van der Waals surface area contributed by atoms with Gasteiger partial charge in [0.05, 0.1) is 11.6 Å². The summed E-state index contributed by atoms with van der Waals surface area (Å²) in [5.74, 6) is 0.571. The first-order valence-corrected chi connectivity index (χ1v) is 7.79. The van der Waals surface area contributed by atoms with E-state index in [-0.39, 0.29) is 12.0 Å². The minimum atomic E-state index is -0.204. The maximum atomic E-state index is 11.8. The standard InChI is InChI=1S/C15H16N2O3S/c18-15(14-9-21-10-16-14)17-11-3-5-12(6-4-11)20-8-13-2-1-7-19-13/h3-6,9-10,13H,1-2,7-8H2,(H,17,18). The minimum Gasteiger partial charge on any atom is -0.491 e. The van der Waals surface area contributed by atoms with Crippen LogP contribution in [-0.4, -0.2) is 30.2 Å². The Kier molecular flexibility index (Phi) is 4.47. The summed E-state index contributed by atoms with van der Waals surface area (Å²) in [7, 11) is 0. The van der Waals surface area contributed by atoms with Gasteiger partial charge in [-0.05, 0) is 37.1 Å². The highest BCUT2D eigenvalue weighted by molar-refractivity contribution is 7.07. The van der Waals surface area contributed by atoms with Gasteiger partial charge in [0.15, 0.2) is 0 Å². The summed E-state index contributed by atoms with van der Waals surface area (Å²) >= 11 is 1.40. The number of ether oxygens (including phenoxy) is 2. The zero-order chi connectivity index (χ0) is 14.5. The van der Waals surface area contributed by atoms with E-state index in [2.05, 4.69) is 10.3 Å². The summed E-state index contributed by atoms with van der Waals surface area (Å²) in [6, 6.07) is 7.31. The zero-order valence-electron chi connectivity index (χ0n) is 11.5. The highest BCUT2D eigenvalue weighted by Crippen LogP contribution is 2.19. The number of aromatic nitrogens is 1. The number of hydrogen-bond acceptors (Lipinski definition) is 5.